The van der Waals surface area contributed by atoms with Crippen LogP contribution in [0.15, 0.2) is 0 Å². The summed E-state index contributed by atoms with van der Waals surface area (Å²) in [5, 5.41) is 3.45. The molecule has 2 nitrogen and oxygen atoms in total. The van der Waals surface area contributed by atoms with Gasteiger partial charge in [0.1, 0.15) is 0 Å². The van der Waals surface area contributed by atoms with Crippen LogP contribution >= 0.6 is 0 Å². The predicted molar refractivity (Wildman–Crippen MR) is 64.1 cm³/mol. The Labute approximate surface area is 94.4 Å². The molecular formula is C13H27N2+. The highest BCUT2D eigenvalue weighted by Crippen LogP contribution is 2.34. The van der Waals surface area contributed by atoms with Crippen LogP contribution in [0.25, 0.3) is 0 Å². The quantitative estimate of drug-likeness (QED) is 0.697. The van der Waals surface area contributed by atoms with Gasteiger partial charge < -0.3 is 10.2 Å². The van der Waals surface area contributed by atoms with Gasteiger partial charge in [-0.1, -0.05) is 13.8 Å². The van der Waals surface area contributed by atoms with Crippen molar-refractivity contribution in [3.05, 3.63) is 0 Å². The molecule has 2 heteroatoms. The summed E-state index contributed by atoms with van der Waals surface area (Å²) in [5.41, 5.74) is 0. The lowest BCUT2D eigenvalue weighted by Gasteiger charge is -2.26. The first-order chi connectivity index (χ1) is 7.25. The molecule has 2 rings (SSSR count). The van der Waals surface area contributed by atoms with E-state index >= 15 is 0 Å². The van der Waals surface area contributed by atoms with Crippen LogP contribution in [0.5, 0.6) is 0 Å². The number of nitrogens with one attached hydrogen (secondary N) is 2. The number of rotatable bonds is 3. The molecular weight excluding hydrogens is 184 g/mol. The Bertz CT molecular complexity index is 185. The first-order valence-electron chi connectivity index (χ1n) is 6.80. The Morgan fingerprint density at radius 1 is 1.20 bits per heavy atom. The largest absolute Gasteiger partial charge is 0.333 e. The van der Waals surface area contributed by atoms with Crippen molar-refractivity contribution in [3.8, 4) is 0 Å². The second-order valence-electron chi connectivity index (χ2n) is 5.89. The van der Waals surface area contributed by atoms with Gasteiger partial charge in [0.15, 0.2) is 0 Å². The first kappa shape index (κ1) is 11.4. The summed E-state index contributed by atoms with van der Waals surface area (Å²) in [5.74, 6) is 2.97. The van der Waals surface area contributed by atoms with Crippen molar-refractivity contribution in [1.29, 1.82) is 0 Å². The molecule has 1 saturated heterocycles. The zero-order valence-electron chi connectivity index (χ0n) is 10.4. The lowest BCUT2D eigenvalue weighted by Crippen LogP contribution is -3.15. The van der Waals surface area contributed by atoms with Crippen LogP contribution in [-0.2, 0) is 0 Å². The molecule has 2 fully saturated rings. The fourth-order valence-corrected chi connectivity index (χ4v) is 3.30. The zero-order valence-corrected chi connectivity index (χ0v) is 10.4. The van der Waals surface area contributed by atoms with Crippen molar-refractivity contribution in [2.75, 3.05) is 32.7 Å². The molecule has 1 heterocycles. The van der Waals surface area contributed by atoms with E-state index in [0.29, 0.717) is 0 Å². The summed E-state index contributed by atoms with van der Waals surface area (Å²) in [6, 6.07) is 0. The highest BCUT2D eigenvalue weighted by atomic mass is 15.2. The Balaban J connectivity index is 1.71. The average Bonchev–Trinajstić information content (AvgIpc) is 2.68. The van der Waals surface area contributed by atoms with E-state index in [2.05, 4.69) is 19.2 Å². The molecule has 0 amide bonds. The van der Waals surface area contributed by atoms with Gasteiger partial charge in [0.05, 0.1) is 19.6 Å². The van der Waals surface area contributed by atoms with Crippen LogP contribution in [-0.4, -0.2) is 32.7 Å². The molecule has 0 aromatic carbocycles. The Kier molecular flexibility index (Phi) is 4.04. The molecule has 2 aliphatic rings. The van der Waals surface area contributed by atoms with E-state index in [1.54, 1.807) is 0 Å². The lowest BCUT2D eigenvalue weighted by molar-refractivity contribution is -0.905. The third-order valence-corrected chi connectivity index (χ3v) is 4.41. The van der Waals surface area contributed by atoms with E-state index in [4.69, 9.17) is 0 Å². The summed E-state index contributed by atoms with van der Waals surface area (Å²) in [6.07, 6.45) is 4.50. The summed E-state index contributed by atoms with van der Waals surface area (Å²) in [6.45, 7) is 11.4. The molecule has 0 aromatic heterocycles. The minimum Gasteiger partial charge on any atom is -0.333 e. The topological polar surface area (TPSA) is 16.5 Å². The standard InChI is InChI=1S/C13H26N2/c1-11(2)13-4-3-12(9-13)10-15-7-5-14-6-8-15/h11-14H,3-10H2,1-2H3/p+1. The minimum atomic E-state index is 0.910. The van der Waals surface area contributed by atoms with Gasteiger partial charge in [-0.25, -0.2) is 0 Å². The van der Waals surface area contributed by atoms with E-state index < -0.39 is 0 Å². The summed E-state index contributed by atoms with van der Waals surface area (Å²) in [4.78, 5) is 1.85. The second kappa shape index (κ2) is 5.31. The monoisotopic (exact) mass is 211 g/mol. The molecule has 15 heavy (non-hydrogen) atoms. The average molecular weight is 211 g/mol. The van der Waals surface area contributed by atoms with Crippen LogP contribution in [0.2, 0.25) is 0 Å². The first-order valence-corrected chi connectivity index (χ1v) is 6.80. The van der Waals surface area contributed by atoms with Crippen molar-refractivity contribution in [1.82, 2.24) is 5.32 Å². The van der Waals surface area contributed by atoms with Crippen molar-refractivity contribution >= 4 is 0 Å². The molecule has 1 aliphatic heterocycles. The van der Waals surface area contributed by atoms with E-state index in [0.717, 1.165) is 17.8 Å². The summed E-state index contributed by atoms with van der Waals surface area (Å²) < 4.78 is 0. The van der Waals surface area contributed by atoms with E-state index in [9.17, 15) is 0 Å². The maximum absolute atomic E-state index is 3.45. The summed E-state index contributed by atoms with van der Waals surface area (Å²) in [7, 11) is 0. The van der Waals surface area contributed by atoms with Gasteiger partial charge in [-0.15, -0.1) is 0 Å². The van der Waals surface area contributed by atoms with Gasteiger partial charge in [0.25, 0.3) is 0 Å². The van der Waals surface area contributed by atoms with Crippen molar-refractivity contribution in [3.63, 3.8) is 0 Å². The molecule has 88 valence electrons. The molecule has 0 bridgehead atoms. The number of hydrogen-bond acceptors (Lipinski definition) is 1. The van der Waals surface area contributed by atoms with Crippen LogP contribution in [0.3, 0.4) is 0 Å². The SMILES string of the molecule is CC(C)C1CCC(C[NH+]2CCNCC2)C1. The van der Waals surface area contributed by atoms with Gasteiger partial charge in [0, 0.05) is 19.0 Å². The van der Waals surface area contributed by atoms with E-state index in [1.807, 2.05) is 4.90 Å². The second-order valence-corrected chi connectivity index (χ2v) is 5.89. The fraction of sp³-hybridized carbons (Fsp3) is 1.00. The third-order valence-electron chi connectivity index (χ3n) is 4.41. The van der Waals surface area contributed by atoms with Crippen LogP contribution in [0, 0.1) is 17.8 Å². The molecule has 2 unspecified atom stereocenters. The van der Waals surface area contributed by atoms with Gasteiger partial charge in [-0.05, 0) is 31.1 Å². The third kappa shape index (κ3) is 3.18. The van der Waals surface area contributed by atoms with E-state index in [-0.39, 0.29) is 0 Å². The van der Waals surface area contributed by atoms with Gasteiger partial charge in [-0.2, -0.15) is 0 Å². The highest BCUT2D eigenvalue weighted by molar-refractivity contribution is 4.77. The molecule has 2 atom stereocenters. The normalized spacial score (nSPS) is 33.8. The lowest BCUT2D eigenvalue weighted by atomic mass is 9.93. The number of piperazine rings is 1. The molecule has 1 saturated carbocycles. The van der Waals surface area contributed by atoms with E-state index in [1.165, 1.54) is 52.0 Å². The molecule has 0 aromatic rings. The Hall–Kier alpha value is -0.0800. The summed E-state index contributed by atoms with van der Waals surface area (Å²) >= 11 is 0. The smallest absolute Gasteiger partial charge is 0.0898 e. The molecule has 1 aliphatic carbocycles. The molecule has 2 N–H and O–H groups in total. The Morgan fingerprint density at radius 2 is 1.93 bits per heavy atom. The van der Waals surface area contributed by atoms with Crippen LogP contribution < -0.4 is 10.2 Å². The maximum Gasteiger partial charge on any atom is 0.0898 e. The molecule has 0 spiro atoms. The van der Waals surface area contributed by atoms with Gasteiger partial charge in [-0.3, -0.25) is 0 Å². The van der Waals surface area contributed by atoms with Crippen LogP contribution in [0.4, 0.5) is 0 Å². The van der Waals surface area contributed by atoms with Gasteiger partial charge in [0.2, 0.25) is 0 Å². The number of quaternary nitrogens is 1. The maximum atomic E-state index is 3.45. The molecule has 0 radical (unpaired) electrons. The predicted octanol–water partition coefficient (Wildman–Crippen LogP) is 0.547. The minimum absolute atomic E-state index is 0.910. The number of hydrogen-bond donors (Lipinski definition) is 2. The van der Waals surface area contributed by atoms with Crippen LogP contribution in [0.1, 0.15) is 33.1 Å². The van der Waals surface area contributed by atoms with Crippen molar-refractivity contribution in [2.45, 2.75) is 33.1 Å². The van der Waals surface area contributed by atoms with Crippen molar-refractivity contribution < 1.29 is 4.90 Å². The fourth-order valence-electron chi connectivity index (χ4n) is 3.30. The van der Waals surface area contributed by atoms with Crippen molar-refractivity contribution in [2.24, 2.45) is 17.8 Å². The Morgan fingerprint density at radius 3 is 2.53 bits per heavy atom. The van der Waals surface area contributed by atoms with Gasteiger partial charge >= 0.3 is 0 Å². The highest BCUT2D eigenvalue weighted by Gasteiger charge is 2.29. The zero-order chi connectivity index (χ0) is 10.7.